The molecule has 9 heteroatoms. The number of alkyl halides is 3. The molecule has 6 nitrogen and oxygen atoms in total. The highest BCUT2D eigenvalue weighted by Crippen LogP contribution is 2.36. The van der Waals surface area contributed by atoms with Crippen molar-refractivity contribution >= 4 is 5.91 Å². The molecule has 2 unspecified atom stereocenters. The molecule has 0 aliphatic carbocycles. The molecule has 166 valence electrons. The maximum Gasteiger partial charge on any atom is 0.416 e. The summed E-state index contributed by atoms with van der Waals surface area (Å²) >= 11 is 0. The smallest absolute Gasteiger partial charge is 0.416 e. The average molecular weight is 443 g/mol. The van der Waals surface area contributed by atoms with Gasteiger partial charge in [-0.2, -0.15) is 13.2 Å². The number of hydrogen-bond acceptors (Lipinski definition) is 5. The van der Waals surface area contributed by atoms with E-state index >= 15 is 0 Å². The van der Waals surface area contributed by atoms with E-state index < -0.39 is 17.6 Å². The number of likely N-dealkylation sites (N-methyl/N-ethyl adjacent to an activating group) is 1. The largest absolute Gasteiger partial charge is 0.486 e. The fourth-order valence-corrected chi connectivity index (χ4v) is 4.28. The molecule has 0 bridgehead atoms. The molecule has 1 amide bonds. The minimum atomic E-state index is -4.53. The van der Waals surface area contributed by atoms with Crippen LogP contribution in [0.3, 0.4) is 0 Å². The zero-order chi connectivity index (χ0) is 22.5. The molecule has 0 saturated carbocycles. The van der Waals surface area contributed by atoms with Crippen LogP contribution in [0.15, 0.2) is 59.1 Å². The number of aromatic nitrogens is 1. The van der Waals surface area contributed by atoms with E-state index in [2.05, 4.69) is 10.1 Å². The van der Waals surface area contributed by atoms with Gasteiger partial charge in [-0.15, -0.1) is 0 Å². The Morgan fingerprint density at radius 1 is 1.09 bits per heavy atom. The summed E-state index contributed by atoms with van der Waals surface area (Å²) in [6.07, 6.45) is -4.89. The van der Waals surface area contributed by atoms with E-state index in [-0.39, 0.29) is 23.5 Å². The Balaban J connectivity index is 1.33. The van der Waals surface area contributed by atoms with Gasteiger partial charge in [-0.3, -0.25) is 9.69 Å². The van der Waals surface area contributed by atoms with Gasteiger partial charge in [0.2, 0.25) is 0 Å². The van der Waals surface area contributed by atoms with Gasteiger partial charge in [0.25, 0.3) is 5.91 Å². The number of likely N-dealkylation sites (tertiary alicyclic amines) is 1. The van der Waals surface area contributed by atoms with E-state index in [0.717, 1.165) is 23.4 Å². The Kier molecular flexibility index (Phi) is 4.93. The van der Waals surface area contributed by atoms with Gasteiger partial charge in [-0.1, -0.05) is 35.5 Å². The van der Waals surface area contributed by atoms with Crippen molar-refractivity contribution in [2.75, 3.05) is 20.1 Å². The van der Waals surface area contributed by atoms with Crippen LogP contribution < -0.4 is 4.74 Å². The van der Waals surface area contributed by atoms with Gasteiger partial charge in [-0.25, -0.2) is 0 Å². The minimum absolute atomic E-state index is 0.0639. The van der Waals surface area contributed by atoms with Gasteiger partial charge in [0.1, 0.15) is 17.5 Å². The summed E-state index contributed by atoms with van der Waals surface area (Å²) < 4.78 is 50.8. The predicted octanol–water partition coefficient (Wildman–Crippen LogP) is 4.08. The molecule has 32 heavy (non-hydrogen) atoms. The van der Waals surface area contributed by atoms with Crippen LogP contribution in [-0.2, 0) is 12.7 Å². The number of rotatable bonds is 3. The van der Waals surface area contributed by atoms with Crippen LogP contribution in [0.5, 0.6) is 5.75 Å². The van der Waals surface area contributed by atoms with Crippen LogP contribution in [0, 0.1) is 0 Å². The second-order valence-electron chi connectivity index (χ2n) is 8.09. The van der Waals surface area contributed by atoms with E-state index in [1.165, 1.54) is 11.0 Å². The number of nitrogens with zero attached hydrogens (tertiary/aromatic N) is 3. The SMILES string of the molecule is CN1C(=O)c2cc(C(F)(F)F)ccc2OC2CN(Cc3cc(-c4ccccc4)no3)CC21. The second-order valence-corrected chi connectivity index (χ2v) is 8.09. The third-order valence-electron chi connectivity index (χ3n) is 5.95. The van der Waals surface area contributed by atoms with E-state index in [0.29, 0.717) is 25.4 Å². The summed E-state index contributed by atoms with van der Waals surface area (Å²) in [5, 5.41) is 4.13. The van der Waals surface area contributed by atoms with Crippen molar-refractivity contribution in [3.63, 3.8) is 0 Å². The molecular formula is C23H20F3N3O3. The molecule has 3 heterocycles. The topological polar surface area (TPSA) is 58.8 Å². The average Bonchev–Trinajstić information content (AvgIpc) is 3.38. The molecule has 2 aliphatic heterocycles. The summed E-state index contributed by atoms with van der Waals surface area (Å²) in [5.41, 5.74) is 0.769. The fraction of sp³-hybridized carbons (Fsp3) is 0.304. The van der Waals surface area contributed by atoms with Crippen molar-refractivity contribution in [2.24, 2.45) is 0 Å². The van der Waals surface area contributed by atoms with Crippen molar-refractivity contribution in [3.8, 4) is 17.0 Å². The molecule has 5 rings (SSSR count). The van der Waals surface area contributed by atoms with Crippen molar-refractivity contribution in [1.82, 2.24) is 15.0 Å². The maximum absolute atomic E-state index is 13.1. The zero-order valence-corrected chi connectivity index (χ0v) is 17.2. The van der Waals surface area contributed by atoms with E-state index in [9.17, 15) is 18.0 Å². The summed E-state index contributed by atoms with van der Waals surface area (Å²) in [7, 11) is 1.60. The van der Waals surface area contributed by atoms with Crippen LogP contribution in [-0.4, -0.2) is 53.1 Å². The Labute approximate surface area is 182 Å². The third-order valence-corrected chi connectivity index (χ3v) is 5.95. The van der Waals surface area contributed by atoms with Crippen LogP contribution in [0.1, 0.15) is 21.7 Å². The standard InChI is InChI=1S/C23H20F3N3O3/c1-28-19-12-29(11-16-10-18(27-32-16)14-5-3-2-4-6-14)13-21(19)31-20-8-7-15(23(24,25)26)9-17(20)22(28)30/h2-10,19,21H,11-13H2,1H3. The van der Waals surface area contributed by atoms with E-state index in [1.54, 1.807) is 7.05 Å². The first-order valence-electron chi connectivity index (χ1n) is 10.2. The highest BCUT2D eigenvalue weighted by Gasteiger charge is 2.43. The normalized spacial score (nSPS) is 21.1. The van der Waals surface area contributed by atoms with Crippen LogP contribution in [0.2, 0.25) is 0 Å². The molecule has 2 atom stereocenters. The Morgan fingerprint density at radius 3 is 2.62 bits per heavy atom. The van der Waals surface area contributed by atoms with E-state index in [4.69, 9.17) is 9.26 Å². The molecule has 2 aromatic carbocycles. The molecule has 0 radical (unpaired) electrons. The molecule has 3 aromatic rings. The van der Waals surface area contributed by atoms with Gasteiger partial charge < -0.3 is 14.2 Å². The number of ether oxygens (including phenoxy) is 1. The number of amides is 1. The van der Waals surface area contributed by atoms with Crippen molar-refractivity contribution in [1.29, 1.82) is 0 Å². The van der Waals surface area contributed by atoms with Crippen LogP contribution in [0.4, 0.5) is 13.2 Å². The summed E-state index contributed by atoms with van der Waals surface area (Å²) in [4.78, 5) is 16.5. The van der Waals surface area contributed by atoms with Gasteiger partial charge in [0.15, 0.2) is 5.76 Å². The van der Waals surface area contributed by atoms with Crippen LogP contribution >= 0.6 is 0 Å². The molecule has 0 N–H and O–H groups in total. The van der Waals surface area contributed by atoms with Gasteiger partial charge in [0.05, 0.1) is 23.7 Å². The Bertz CT molecular complexity index is 1150. The lowest BCUT2D eigenvalue weighted by Gasteiger charge is -2.25. The third kappa shape index (κ3) is 3.73. The van der Waals surface area contributed by atoms with Crippen molar-refractivity contribution < 1.29 is 27.2 Å². The summed E-state index contributed by atoms with van der Waals surface area (Å²) in [6.45, 7) is 1.50. The molecule has 0 spiro atoms. The lowest BCUT2D eigenvalue weighted by atomic mass is 10.1. The number of hydrogen-bond donors (Lipinski definition) is 0. The highest BCUT2D eigenvalue weighted by molar-refractivity contribution is 5.97. The van der Waals surface area contributed by atoms with Gasteiger partial charge >= 0.3 is 6.18 Å². The molecular weight excluding hydrogens is 423 g/mol. The van der Waals surface area contributed by atoms with Gasteiger partial charge in [0, 0.05) is 31.8 Å². The number of fused-ring (bicyclic) bond motifs is 2. The molecule has 2 aliphatic rings. The first kappa shape index (κ1) is 20.6. The maximum atomic E-state index is 13.1. The Hall–Kier alpha value is -3.33. The fourth-order valence-electron chi connectivity index (χ4n) is 4.28. The first-order chi connectivity index (χ1) is 15.3. The number of carbonyl (C=O) groups is 1. The molecule has 1 aromatic heterocycles. The lowest BCUT2D eigenvalue weighted by molar-refractivity contribution is -0.137. The molecule has 1 fully saturated rings. The second kappa shape index (κ2) is 7.67. The quantitative estimate of drug-likeness (QED) is 0.611. The van der Waals surface area contributed by atoms with E-state index in [1.807, 2.05) is 36.4 Å². The number of halogens is 3. The summed E-state index contributed by atoms with van der Waals surface area (Å²) in [6, 6.07) is 14.3. The first-order valence-corrected chi connectivity index (χ1v) is 10.2. The monoisotopic (exact) mass is 443 g/mol. The number of carbonyl (C=O) groups excluding carboxylic acids is 1. The Morgan fingerprint density at radius 2 is 1.88 bits per heavy atom. The van der Waals surface area contributed by atoms with Crippen molar-refractivity contribution in [3.05, 3.63) is 71.5 Å². The van der Waals surface area contributed by atoms with Crippen LogP contribution in [0.25, 0.3) is 11.3 Å². The highest BCUT2D eigenvalue weighted by atomic mass is 19.4. The summed E-state index contributed by atoms with van der Waals surface area (Å²) in [5.74, 6) is 0.381. The lowest BCUT2D eigenvalue weighted by Crippen LogP contribution is -2.44. The minimum Gasteiger partial charge on any atom is -0.486 e. The van der Waals surface area contributed by atoms with Gasteiger partial charge in [-0.05, 0) is 18.2 Å². The van der Waals surface area contributed by atoms with Crippen molar-refractivity contribution in [2.45, 2.75) is 24.9 Å². The molecule has 1 saturated heterocycles. The number of benzene rings is 2. The zero-order valence-electron chi connectivity index (χ0n) is 17.2. The predicted molar refractivity (Wildman–Crippen MR) is 109 cm³/mol.